The fourth-order valence-electron chi connectivity index (χ4n) is 2.95. The third-order valence-electron chi connectivity index (χ3n) is 4.53. The highest BCUT2D eigenvalue weighted by molar-refractivity contribution is 14.0. The third kappa shape index (κ3) is 9.89. The van der Waals surface area contributed by atoms with Gasteiger partial charge in [-0.2, -0.15) is 0 Å². The standard InChI is InChI=1S/C25H36N4O2.HI/c1-6-26-25(28-17-21-10-8-12-23(16-21)31-18-19(2)3)27-14-13-20-9-7-11-22(15-20)24(30)29(4)5;/h7-12,15-16,19H,6,13-14,17-18H2,1-5H3,(H2,26,27,28);1H. The maximum atomic E-state index is 12.2. The predicted octanol–water partition coefficient (Wildman–Crippen LogP) is 4.34. The Bertz CT molecular complexity index is 869. The molecule has 2 rings (SSSR count). The summed E-state index contributed by atoms with van der Waals surface area (Å²) in [5, 5.41) is 6.66. The normalized spacial score (nSPS) is 11.0. The first kappa shape index (κ1) is 27.7. The van der Waals surface area contributed by atoms with Gasteiger partial charge < -0.3 is 20.3 Å². The second-order valence-corrected chi connectivity index (χ2v) is 8.12. The van der Waals surface area contributed by atoms with Crippen LogP contribution in [0.1, 0.15) is 42.3 Å². The predicted molar refractivity (Wildman–Crippen MR) is 143 cm³/mol. The molecule has 1 amide bonds. The Kier molecular flexibility index (Phi) is 12.8. The van der Waals surface area contributed by atoms with Crippen molar-refractivity contribution in [3.63, 3.8) is 0 Å². The largest absolute Gasteiger partial charge is 0.493 e. The molecule has 7 heteroatoms. The summed E-state index contributed by atoms with van der Waals surface area (Å²) < 4.78 is 5.81. The van der Waals surface area contributed by atoms with Crippen LogP contribution in [0.15, 0.2) is 53.5 Å². The lowest BCUT2D eigenvalue weighted by atomic mass is 10.1. The zero-order valence-electron chi connectivity index (χ0n) is 19.9. The number of amides is 1. The van der Waals surface area contributed by atoms with E-state index < -0.39 is 0 Å². The fraction of sp³-hybridized carbons (Fsp3) is 0.440. The van der Waals surface area contributed by atoms with Crippen molar-refractivity contribution in [2.24, 2.45) is 10.9 Å². The number of nitrogens with zero attached hydrogens (tertiary/aromatic N) is 2. The van der Waals surface area contributed by atoms with Crippen LogP contribution in [0.5, 0.6) is 5.75 Å². The molecule has 0 atom stereocenters. The van der Waals surface area contributed by atoms with Gasteiger partial charge in [-0.15, -0.1) is 24.0 Å². The molecule has 0 unspecified atom stereocenters. The van der Waals surface area contributed by atoms with Gasteiger partial charge in [0, 0.05) is 32.7 Å². The SMILES string of the molecule is CCNC(=NCc1cccc(OCC(C)C)c1)NCCc1cccc(C(=O)N(C)C)c1.I. The van der Waals surface area contributed by atoms with Crippen LogP contribution in [0.4, 0.5) is 0 Å². The monoisotopic (exact) mass is 552 g/mol. The van der Waals surface area contributed by atoms with E-state index in [1.807, 2.05) is 49.4 Å². The van der Waals surface area contributed by atoms with Crippen molar-refractivity contribution in [2.75, 3.05) is 33.8 Å². The Hall–Kier alpha value is -2.29. The van der Waals surface area contributed by atoms with Gasteiger partial charge in [-0.05, 0) is 54.7 Å². The Morgan fingerprint density at radius 1 is 1.06 bits per heavy atom. The highest BCUT2D eigenvalue weighted by atomic mass is 127. The summed E-state index contributed by atoms with van der Waals surface area (Å²) in [6.45, 7) is 9.12. The first-order chi connectivity index (χ1) is 14.9. The zero-order valence-corrected chi connectivity index (χ0v) is 22.2. The van der Waals surface area contributed by atoms with Gasteiger partial charge in [-0.3, -0.25) is 4.79 Å². The van der Waals surface area contributed by atoms with Crippen molar-refractivity contribution in [2.45, 2.75) is 33.7 Å². The molecule has 0 saturated carbocycles. The molecule has 0 radical (unpaired) electrons. The summed E-state index contributed by atoms with van der Waals surface area (Å²) >= 11 is 0. The zero-order chi connectivity index (χ0) is 22.6. The molecular weight excluding hydrogens is 515 g/mol. The smallest absolute Gasteiger partial charge is 0.253 e. The summed E-state index contributed by atoms with van der Waals surface area (Å²) in [6, 6.07) is 15.9. The molecule has 6 nitrogen and oxygen atoms in total. The van der Waals surface area contributed by atoms with E-state index in [0.29, 0.717) is 24.6 Å². The second kappa shape index (κ2) is 14.7. The number of nitrogens with one attached hydrogen (secondary N) is 2. The number of benzene rings is 2. The van der Waals surface area contributed by atoms with Crippen LogP contribution in [0.25, 0.3) is 0 Å². The van der Waals surface area contributed by atoms with Gasteiger partial charge in [-0.25, -0.2) is 4.99 Å². The number of aliphatic imine (C=N–C) groups is 1. The molecule has 0 saturated heterocycles. The van der Waals surface area contributed by atoms with Gasteiger partial charge in [0.25, 0.3) is 5.91 Å². The molecule has 0 aliphatic rings. The van der Waals surface area contributed by atoms with Gasteiger partial charge in [-0.1, -0.05) is 38.1 Å². The molecule has 0 heterocycles. The van der Waals surface area contributed by atoms with Crippen LogP contribution in [-0.4, -0.2) is 50.6 Å². The molecule has 0 bridgehead atoms. The van der Waals surface area contributed by atoms with Crippen LogP contribution in [0, 0.1) is 5.92 Å². The minimum Gasteiger partial charge on any atom is -0.493 e. The maximum absolute atomic E-state index is 12.2. The van der Waals surface area contributed by atoms with Gasteiger partial charge in [0.15, 0.2) is 5.96 Å². The molecule has 0 aromatic heterocycles. The van der Waals surface area contributed by atoms with E-state index in [4.69, 9.17) is 9.73 Å². The molecular formula is C25H37IN4O2. The average Bonchev–Trinajstić information content (AvgIpc) is 2.76. The van der Waals surface area contributed by atoms with E-state index in [9.17, 15) is 4.79 Å². The molecule has 0 aliphatic carbocycles. The molecule has 0 spiro atoms. The molecule has 2 N–H and O–H groups in total. The lowest BCUT2D eigenvalue weighted by Gasteiger charge is -2.13. The minimum atomic E-state index is 0. The van der Waals surface area contributed by atoms with Gasteiger partial charge in [0.2, 0.25) is 0 Å². The lowest BCUT2D eigenvalue weighted by molar-refractivity contribution is 0.0827. The quantitative estimate of drug-likeness (QED) is 0.262. The van der Waals surface area contributed by atoms with Crippen molar-refractivity contribution >= 4 is 35.8 Å². The number of hydrogen-bond donors (Lipinski definition) is 2. The molecule has 176 valence electrons. The Balaban J connectivity index is 0.00000512. The topological polar surface area (TPSA) is 66.0 Å². The van der Waals surface area contributed by atoms with Crippen molar-refractivity contribution in [3.8, 4) is 5.75 Å². The molecule has 0 fully saturated rings. The van der Waals surface area contributed by atoms with Crippen molar-refractivity contribution in [1.82, 2.24) is 15.5 Å². The van der Waals surface area contributed by atoms with Crippen LogP contribution in [0.2, 0.25) is 0 Å². The molecule has 0 aliphatic heterocycles. The van der Waals surface area contributed by atoms with Crippen LogP contribution < -0.4 is 15.4 Å². The number of carbonyl (C=O) groups excluding carboxylic acids is 1. The van der Waals surface area contributed by atoms with E-state index >= 15 is 0 Å². The van der Waals surface area contributed by atoms with Gasteiger partial charge >= 0.3 is 0 Å². The Labute approximate surface area is 209 Å². The molecule has 2 aromatic rings. The summed E-state index contributed by atoms with van der Waals surface area (Å²) in [6.07, 6.45) is 0.803. The highest BCUT2D eigenvalue weighted by Gasteiger charge is 2.08. The number of ether oxygens (including phenoxy) is 1. The molecule has 32 heavy (non-hydrogen) atoms. The first-order valence-corrected chi connectivity index (χ1v) is 10.9. The van der Waals surface area contributed by atoms with Crippen molar-refractivity contribution in [1.29, 1.82) is 0 Å². The van der Waals surface area contributed by atoms with Crippen LogP contribution in [-0.2, 0) is 13.0 Å². The fourth-order valence-corrected chi connectivity index (χ4v) is 2.95. The Morgan fingerprint density at radius 3 is 2.47 bits per heavy atom. The van der Waals surface area contributed by atoms with E-state index in [1.165, 1.54) is 0 Å². The number of halogens is 1. The summed E-state index contributed by atoms with van der Waals surface area (Å²) in [5.74, 6) is 2.17. The van der Waals surface area contributed by atoms with Gasteiger partial charge in [0.1, 0.15) is 5.75 Å². The summed E-state index contributed by atoms with van der Waals surface area (Å²) in [5.41, 5.74) is 2.93. The van der Waals surface area contributed by atoms with E-state index in [2.05, 4.69) is 30.5 Å². The van der Waals surface area contributed by atoms with E-state index in [1.54, 1.807) is 19.0 Å². The summed E-state index contributed by atoms with van der Waals surface area (Å²) in [7, 11) is 3.53. The van der Waals surface area contributed by atoms with Gasteiger partial charge in [0.05, 0.1) is 13.2 Å². The van der Waals surface area contributed by atoms with Crippen LogP contribution >= 0.6 is 24.0 Å². The minimum absolute atomic E-state index is 0. The Morgan fingerprint density at radius 2 is 1.78 bits per heavy atom. The molecule has 2 aromatic carbocycles. The maximum Gasteiger partial charge on any atom is 0.253 e. The van der Waals surface area contributed by atoms with E-state index in [0.717, 1.165) is 42.3 Å². The third-order valence-corrected chi connectivity index (χ3v) is 4.53. The van der Waals surface area contributed by atoms with Crippen molar-refractivity contribution in [3.05, 3.63) is 65.2 Å². The number of rotatable bonds is 10. The number of hydrogen-bond acceptors (Lipinski definition) is 3. The number of carbonyl (C=O) groups is 1. The second-order valence-electron chi connectivity index (χ2n) is 8.12. The first-order valence-electron chi connectivity index (χ1n) is 10.9. The number of guanidine groups is 1. The van der Waals surface area contributed by atoms with E-state index in [-0.39, 0.29) is 29.9 Å². The van der Waals surface area contributed by atoms with Crippen LogP contribution in [0.3, 0.4) is 0 Å². The average molecular weight is 553 g/mol. The highest BCUT2D eigenvalue weighted by Crippen LogP contribution is 2.15. The summed E-state index contributed by atoms with van der Waals surface area (Å²) in [4.78, 5) is 18.4. The van der Waals surface area contributed by atoms with Crippen molar-refractivity contribution < 1.29 is 9.53 Å². The lowest BCUT2D eigenvalue weighted by Crippen LogP contribution is -2.38.